The number of hydrogen-bond acceptors (Lipinski definition) is 4. The summed E-state index contributed by atoms with van der Waals surface area (Å²) in [6.07, 6.45) is -1.13. The van der Waals surface area contributed by atoms with Gasteiger partial charge in [-0.1, -0.05) is 30.3 Å². The van der Waals surface area contributed by atoms with Gasteiger partial charge in [0.05, 0.1) is 5.56 Å². The van der Waals surface area contributed by atoms with Gasteiger partial charge in [0, 0.05) is 0 Å². The second kappa shape index (κ2) is 6.51. The molecule has 108 valence electrons. The molecule has 0 spiro atoms. The van der Waals surface area contributed by atoms with Gasteiger partial charge in [-0.3, -0.25) is 0 Å². The van der Waals surface area contributed by atoms with Crippen LogP contribution in [0.5, 0.6) is 5.75 Å². The molecule has 0 heterocycles. The molecule has 1 amide bonds. The molecule has 2 rings (SSSR count). The van der Waals surface area contributed by atoms with E-state index in [2.05, 4.69) is 4.74 Å². The van der Waals surface area contributed by atoms with Crippen molar-refractivity contribution in [1.29, 1.82) is 0 Å². The molecule has 0 fully saturated rings. The highest BCUT2D eigenvalue weighted by Crippen LogP contribution is 2.19. The Morgan fingerprint density at radius 3 is 2.43 bits per heavy atom. The zero-order valence-corrected chi connectivity index (χ0v) is 10.9. The fourth-order valence-electron chi connectivity index (χ4n) is 1.63. The van der Waals surface area contributed by atoms with Crippen molar-refractivity contribution in [2.45, 2.75) is 6.61 Å². The highest BCUT2D eigenvalue weighted by atomic mass is 19.1. The number of carbonyl (C=O) groups excluding carboxylic acids is 2. The van der Waals surface area contributed by atoms with Crippen LogP contribution in [0, 0.1) is 5.82 Å². The average molecular weight is 289 g/mol. The van der Waals surface area contributed by atoms with E-state index in [1.165, 1.54) is 6.07 Å². The van der Waals surface area contributed by atoms with Crippen LogP contribution >= 0.6 is 0 Å². The van der Waals surface area contributed by atoms with E-state index >= 15 is 0 Å². The SMILES string of the molecule is NC(=O)Oc1ccc(C(=O)OCc2ccccc2)cc1F. The summed E-state index contributed by atoms with van der Waals surface area (Å²) in [6, 6.07) is 12.4. The molecule has 5 nitrogen and oxygen atoms in total. The summed E-state index contributed by atoms with van der Waals surface area (Å²) in [4.78, 5) is 22.3. The number of rotatable bonds is 4. The number of halogens is 1. The zero-order valence-electron chi connectivity index (χ0n) is 10.9. The standard InChI is InChI=1S/C15H12FNO4/c16-12-8-11(6-7-13(12)21-15(17)19)14(18)20-9-10-4-2-1-3-5-10/h1-8H,9H2,(H2,17,19). The molecule has 2 aromatic carbocycles. The lowest BCUT2D eigenvalue weighted by Crippen LogP contribution is -2.17. The molecule has 0 unspecified atom stereocenters. The smallest absolute Gasteiger partial charge is 0.410 e. The molecule has 0 aromatic heterocycles. The molecule has 0 atom stereocenters. The number of carbonyl (C=O) groups is 2. The second-order valence-electron chi connectivity index (χ2n) is 4.13. The van der Waals surface area contributed by atoms with Crippen molar-refractivity contribution in [2.24, 2.45) is 5.73 Å². The third kappa shape index (κ3) is 4.04. The lowest BCUT2D eigenvalue weighted by molar-refractivity contribution is 0.0472. The Morgan fingerprint density at radius 1 is 1.10 bits per heavy atom. The van der Waals surface area contributed by atoms with Gasteiger partial charge in [-0.15, -0.1) is 0 Å². The molecule has 2 aromatic rings. The number of esters is 1. The molecule has 0 bridgehead atoms. The predicted molar refractivity (Wildman–Crippen MR) is 72.2 cm³/mol. The van der Waals surface area contributed by atoms with Gasteiger partial charge in [0.25, 0.3) is 0 Å². The van der Waals surface area contributed by atoms with Crippen molar-refractivity contribution in [1.82, 2.24) is 0 Å². The van der Waals surface area contributed by atoms with Crippen LogP contribution in [-0.2, 0) is 11.3 Å². The van der Waals surface area contributed by atoms with E-state index in [1.54, 1.807) is 12.1 Å². The first-order chi connectivity index (χ1) is 10.1. The quantitative estimate of drug-likeness (QED) is 0.877. The third-order valence-electron chi connectivity index (χ3n) is 2.59. The summed E-state index contributed by atoms with van der Waals surface area (Å²) >= 11 is 0. The Labute approximate surface area is 120 Å². The Bertz CT molecular complexity index is 658. The minimum absolute atomic E-state index is 0.0141. The normalized spacial score (nSPS) is 9.95. The lowest BCUT2D eigenvalue weighted by atomic mass is 10.2. The van der Waals surface area contributed by atoms with Crippen molar-refractivity contribution in [3.63, 3.8) is 0 Å². The third-order valence-corrected chi connectivity index (χ3v) is 2.59. The monoisotopic (exact) mass is 289 g/mol. The molecule has 0 saturated carbocycles. The van der Waals surface area contributed by atoms with Crippen LogP contribution in [0.2, 0.25) is 0 Å². The number of hydrogen-bond donors (Lipinski definition) is 1. The van der Waals surface area contributed by atoms with Gasteiger partial charge in [0.15, 0.2) is 11.6 Å². The van der Waals surface area contributed by atoms with Crippen LogP contribution in [0.4, 0.5) is 9.18 Å². The first kappa shape index (κ1) is 14.5. The van der Waals surface area contributed by atoms with Gasteiger partial charge in [-0.25, -0.2) is 14.0 Å². The molecule has 0 radical (unpaired) electrons. The summed E-state index contributed by atoms with van der Waals surface area (Å²) in [5.41, 5.74) is 5.62. The topological polar surface area (TPSA) is 78.6 Å². The van der Waals surface area contributed by atoms with E-state index in [0.717, 1.165) is 17.7 Å². The van der Waals surface area contributed by atoms with Crippen molar-refractivity contribution in [2.75, 3.05) is 0 Å². The van der Waals surface area contributed by atoms with Gasteiger partial charge in [-0.05, 0) is 23.8 Å². The van der Waals surface area contributed by atoms with Crippen LogP contribution in [0.15, 0.2) is 48.5 Å². The van der Waals surface area contributed by atoms with Gasteiger partial charge >= 0.3 is 12.1 Å². The Hall–Kier alpha value is -2.89. The average Bonchev–Trinajstić information content (AvgIpc) is 2.47. The van der Waals surface area contributed by atoms with E-state index in [1.807, 2.05) is 18.2 Å². The highest BCUT2D eigenvalue weighted by molar-refractivity contribution is 5.89. The number of amides is 1. The zero-order chi connectivity index (χ0) is 15.2. The Balaban J connectivity index is 2.02. The van der Waals surface area contributed by atoms with Gasteiger partial charge in [-0.2, -0.15) is 0 Å². The van der Waals surface area contributed by atoms with Crippen molar-refractivity contribution < 1.29 is 23.5 Å². The Morgan fingerprint density at radius 2 is 1.81 bits per heavy atom. The maximum absolute atomic E-state index is 13.6. The first-order valence-corrected chi connectivity index (χ1v) is 6.04. The largest absolute Gasteiger partial charge is 0.457 e. The molecule has 0 aliphatic rings. The summed E-state index contributed by atoms with van der Waals surface area (Å²) in [7, 11) is 0. The maximum Gasteiger partial charge on any atom is 0.410 e. The van der Waals surface area contributed by atoms with Crippen molar-refractivity contribution in [3.05, 3.63) is 65.5 Å². The number of primary amides is 1. The molecule has 0 saturated heterocycles. The van der Waals surface area contributed by atoms with E-state index in [4.69, 9.17) is 10.5 Å². The molecule has 21 heavy (non-hydrogen) atoms. The fraction of sp³-hybridized carbons (Fsp3) is 0.0667. The van der Waals surface area contributed by atoms with Crippen LogP contribution in [-0.4, -0.2) is 12.1 Å². The number of nitrogens with two attached hydrogens (primary N) is 1. The number of ether oxygens (including phenoxy) is 2. The predicted octanol–water partition coefficient (Wildman–Crippen LogP) is 2.64. The molecule has 0 aliphatic heterocycles. The molecule has 2 N–H and O–H groups in total. The van der Waals surface area contributed by atoms with E-state index in [0.29, 0.717) is 0 Å². The second-order valence-corrected chi connectivity index (χ2v) is 4.13. The summed E-state index contributed by atoms with van der Waals surface area (Å²) in [5, 5.41) is 0. The van der Waals surface area contributed by atoms with Gasteiger partial charge in [0.2, 0.25) is 0 Å². The van der Waals surface area contributed by atoms with Gasteiger partial charge < -0.3 is 15.2 Å². The fourth-order valence-corrected chi connectivity index (χ4v) is 1.63. The number of benzene rings is 2. The van der Waals surface area contributed by atoms with Crippen molar-refractivity contribution in [3.8, 4) is 5.75 Å². The molecule has 6 heteroatoms. The molecule has 0 aliphatic carbocycles. The van der Waals surface area contributed by atoms with Crippen LogP contribution in [0.3, 0.4) is 0 Å². The van der Waals surface area contributed by atoms with Crippen LogP contribution < -0.4 is 10.5 Å². The molecular formula is C15H12FNO4. The highest BCUT2D eigenvalue weighted by Gasteiger charge is 2.13. The van der Waals surface area contributed by atoms with Gasteiger partial charge in [0.1, 0.15) is 6.61 Å². The molecular weight excluding hydrogens is 277 g/mol. The van der Waals surface area contributed by atoms with Crippen molar-refractivity contribution >= 4 is 12.1 Å². The maximum atomic E-state index is 13.6. The minimum atomic E-state index is -1.13. The Kier molecular flexibility index (Phi) is 4.50. The van der Waals surface area contributed by atoms with Crippen LogP contribution in [0.1, 0.15) is 15.9 Å². The first-order valence-electron chi connectivity index (χ1n) is 6.04. The minimum Gasteiger partial charge on any atom is -0.457 e. The van der Waals surface area contributed by atoms with Crippen LogP contribution in [0.25, 0.3) is 0 Å². The summed E-state index contributed by atoms with van der Waals surface area (Å²) < 4.78 is 23.1. The van der Waals surface area contributed by atoms with E-state index in [9.17, 15) is 14.0 Å². The summed E-state index contributed by atoms with van der Waals surface area (Å²) in [5.74, 6) is -1.89. The summed E-state index contributed by atoms with van der Waals surface area (Å²) in [6.45, 7) is 0.0842. The van der Waals surface area contributed by atoms with E-state index in [-0.39, 0.29) is 17.9 Å². The lowest BCUT2D eigenvalue weighted by Gasteiger charge is -2.07. The van der Waals surface area contributed by atoms with E-state index < -0.39 is 17.9 Å².